The molecule has 0 unspecified atom stereocenters. The van der Waals surface area contributed by atoms with Crippen LogP contribution in [0.25, 0.3) is 0 Å². The molecule has 7 heteroatoms. The summed E-state index contributed by atoms with van der Waals surface area (Å²) in [4.78, 5) is 29.1. The number of likely N-dealkylation sites (tertiary alicyclic amines) is 1. The van der Waals surface area contributed by atoms with Crippen molar-refractivity contribution in [2.24, 2.45) is 0 Å². The third kappa shape index (κ3) is 7.12. The second-order valence-electron chi connectivity index (χ2n) is 5.77. The Morgan fingerprint density at radius 2 is 1.57 bits per heavy atom. The Morgan fingerprint density at radius 1 is 0.957 bits per heavy atom. The average Bonchev–Trinajstić information content (AvgIpc) is 2.56. The first kappa shape index (κ1) is 18.9. The lowest BCUT2D eigenvalue weighted by molar-refractivity contribution is -0.133. The number of rotatable bonds is 8. The number of piperidine rings is 1. The molecule has 0 atom stereocenters. The van der Waals surface area contributed by atoms with Crippen LogP contribution in [0.4, 0.5) is 0 Å². The molecule has 0 N–H and O–H groups in total. The molecule has 0 aromatic carbocycles. The molecule has 0 spiro atoms. The van der Waals surface area contributed by atoms with Crippen molar-refractivity contribution in [3.05, 3.63) is 0 Å². The van der Waals surface area contributed by atoms with Gasteiger partial charge in [-0.25, -0.2) is 0 Å². The molecule has 1 fully saturated rings. The van der Waals surface area contributed by atoms with Crippen LogP contribution in [0.15, 0.2) is 0 Å². The van der Waals surface area contributed by atoms with Crippen molar-refractivity contribution < 1.29 is 9.59 Å². The maximum absolute atomic E-state index is 12.1. The number of hydrogen-bond donors (Lipinski definition) is 0. The summed E-state index contributed by atoms with van der Waals surface area (Å²) in [6.45, 7) is 4.25. The molecule has 1 saturated heterocycles. The van der Waals surface area contributed by atoms with Crippen molar-refractivity contribution in [2.45, 2.75) is 32.1 Å². The van der Waals surface area contributed by atoms with E-state index in [2.05, 4.69) is 4.90 Å². The van der Waals surface area contributed by atoms with Crippen LogP contribution in [0, 0.1) is 22.7 Å². The highest BCUT2D eigenvalue weighted by molar-refractivity contribution is 5.79. The first-order chi connectivity index (χ1) is 11.1. The first-order valence-electron chi connectivity index (χ1n) is 8.06. The maximum atomic E-state index is 12.1. The van der Waals surface area contributed by atoms with Gasteiger partial charge in [0, 0.05) is 33.2 Å². The molecule has 2 amide bonds. The van der Waals surface area contributed by atoms with Crippen LogP contribution in [0.1, 0.15) is 32.1 Å². The Balaban J connectivity index is 2.48. The van der Waals surface area contributed by atoms with Gasteiger partial charge in [0.25, 0.3) is 0 Å². The summed E-state index contributed by atoms with van der Waals surface area (Å²) >= 11 is 0. The van der Waals surface area contributed by atoms with Gasteiger partial charge in [-0.2, -0.15) is 10.5 Å². The van der Waals surface area contributed by atoms with E-state index in [-0.39, 0.29) is 24.7 Å². The minimum Gasteiger partial charge on any atom is -0.343 e. The van der Waals surface area contributed by atoms with Crippen LogP contribution in [-0.2, 0) is 9.59 Å². The predicted molar refractivity (Wildman–Crippen MR) is 85.0 cm³/mol. The molecular weight excluding hydrogens is 294 g/mol. The average molecular weight is 319 g/mol. The summed E-state index contributed by atoms with van der Waals surface area (Å²) in [5, 5.41) is 17.3. The van der Waals surface area contributed by atoms with E-state index in [9.17, 15) is 9.59 Å². The van der Waals surface area contributed by atoms with Gasteiger partial charge in [0.15, 0.2) is 0 Å². The summed E-state index contributed by atoms with van der Waals surface area (Å²) in [7, 11) is 1.62. The predicted octanol–water partition coefficient (Wildman–Crippen LogP) is 0.587. The first-order valence-corrected chi connectivity index (χ1v) is 8.06. The third-order valence-corrected chi connectivity index (χ3v) is 4.08. The molecule has 23 heavy (non-hydrogen) atoms. The highest BCUT2D eigenvalue weighted by Crippen LogP contribution is 2.08. The molecule has 0 bridgehead atoms. The highest BCUT2D eigenvalue weighted by Gasteiger charge is 2.17. The lowest BCUT2D eigenvalue weighted by atomic mass is 10.1. The molecule has 1 aliphatic rings. The zero-order chi connectivity index (χ0) is 17.1. The van der Waals surface area contributed by atoms with Gasteiger partial charge in [-0.3, -0.25) is 9.59 Å². The normalized spacial score (nSPS) is 14.6. The van der Waals surface area contributed by atoms with Gasteiger partial charge in [-0.1, -0.05) is 6.42 Å². The molecule has 7 nitrogen and oxygen atoms in total. The van der Waals surface area contributed by atoms with Crippen LogP contribution in [0.3, 0.4) is 0 Å². The van der Waals surface area contributed by atoms with Gasteiger partial charge in [0.2, 0.25) is 11.8 Å². The van der Waals surface area contributed by atoms with Gasteiger partial charge in [0.05, 0.1) is 12.1 Å². The molecule has 126 valence electrons. The number of nitrogens with zero attached hydrogens (tertiary/aromatic N) is 5. The highest BCUT2D eigenvalue weighted by atomic mass is 16.2. The second-order valence-corrected chi connectivity index (χ2v) is 5.77. The monoisotopic (exact) mass is 319 g/mol. The van der Waals surface area contributed by atoms with Gasteiger partial charge < -0.3 is 14.7 Å². The maximum Gasteiger partial charge on any atom is 0.236 e. The summed E-state index contributed by atoms with van der Waals surface area (Å²) in [5.41, 5.74) is 0. The summed E-state index contributed by atoms with van der Waals surface area (Å²) in [5.74, 6) is -0.457. The minimum absolute atomic E-state index is 0.143. The van der Waals surface area contributed by atoms with E-state index in [0.717, 1.165) is 19.6 Å². The van der Waals surface area contributed by atoms with Crippen molar-refractivity contribution in [2.75, 3.05) is 46.3 Å². The lowest BCUT2D eigenvalue weighted by Gasteiger charge is -2.30. The van der Waals surface area contributed by atoms with E-state index < -0.39 is 0 Å². The van der Waals surface area contributed by atoms with Gasteiger partial charge in [0.1, 0.15) is 12.8 Å². The fourth-order valence-electron chi connectivity index (χ4n) is 2.58. The molecule has 0 radical (unpaired) electrons. The quantitative estimate of drug-likeness (QED) is 0.653. The van der Waals surface area contributed by atoms with Crippen LogP contribution >= 0.6 is 0 Å². The lowest BCUT2D eigenvalue weighted by Crippen LogP contribution is -2.44. The van der Waals surface area contributed by atoms with Crippen LogP contribution in [0.2, 0.25) is 0 Å². The molecule has 0 aromatic heterocycles. The fraction of sp³-hybridized carbons (Fsp3) is 0.750. The summed E-state index contributed by atoms with van der Waals surface area (Å²) < 4.78 is 0. The van der Waals surface area contributed by atoms with E-state index in [1.54, 1.807) is 11.9 Å². The Kier molecular flexibility index (Phi) is 8.71. The molecule has 1 rings (SSSR count). The van der Waals surface area contributed by atoms with E-state index in [1.807, 2.05) is 12.1 Å². The largest absolute Gasteiger partial charge is 0.343 e. The van der Waals surface area contributed by atoms with Crippen LogP contribution < -0.4 is 0 Å². The zero-order valence-electron chi connectivity index (χ0n) is 13.8. The molecular formula is C16H25N5O2. The van der Waals surface area contributed by atoms with Crippen LogP contribution in [0.5, 0.6) is 0 Å². The second kappa shape index (κ2) is 10.6. The number of likely N-dealkylation sites (N-methyl/N-ethyl adjacent to an activating group) is 1. The number of carbonyl (C=O) groups is 2. The smallest absolute Gasteiger partial charge is 0.236 e. The van der Waals surface area contributed by atoms with E-state index in [0.29, 0.717) is 19.6 Å². The SMILES string of the molecule is CN(CCN(CCN1CCCCC1)C(=O)CC#N)C(=O)CC#N. The number of carbonyl (C=O) groups excluding carboxylic acids is 2. The van der Waals surface area contributed by atoms with Crippen molar-refractivity contribution in [3.63, 3.8) is 0 Å². The number of hydrogen-bond acceptors (Lipinski definition) is 5. The van der Waals surface area contributed by atoms with Crippen molar-refractivity contribution >= 4 is 11.8 Å². The Hall–Kier alpha value is -2.12. The van der Waals surface area contributed by atoms with Crippen molar-refractivity contribution in [3.8, 4) is 12.1 Å². The molecule has 1 heterocycles. The standard InChI is InChI=1S/C16H25N5O2/c1-19(15(22)5-7-17)11-13-21(16(23)6-8-18)14-12-20-9-3-2-4-10-20/h2-6,9-14H2,1H3. The van der Waals surface area contributed by atoms with Crippen molar-refractivity contribution in [1.29, 1.82) is 10.5 Å². The van der Waals surface area contributed by atoms with Gasteiger partial charge in [-0.05, 0) is 25.9 Å². The Labute approximate surface area is 138 Å². The topological polar surface area (TPSA) is 91.4 Å². The summed E-state index contributed by atoms with van der Waals surface area (Å²) in [6, 6.07) is 3.71. The fourth-order valence-corrected chi connectivity index (χ4v) is 2.58. The van der Waals surface area contributed by atoms with Gasteiger partial charge in [-0.15, -0.1) is 0 Å². The molecule has 0 aromatic rings. The molecule has 1 aliphatic heterocycles. The summed E-state index contributed by atoms with van der Waals surface area (Å²) in [6.07, 6.45) is 3.35. The Bertz CT molecular complexity index is 474. The number of amides is 2. The van der Waals surface area contributed by atoms with Gasteiger partial charge >= 0.3 is 0 Å². The van der Waals surface area contributed by atoms with Crippen LogP contribution in [-0.4, -0.2) is 72.8 Å². The van der Waals surface area contributed by atoms with E-state index >= 15 is 0 Å². The minimum atomic E-state index is -0.254. The molecule has 0 aliphatic carbocycles. The van der Waals surface area contributed by atoms with E-state index in [4.69, 9.17) is 10.5 Å². The zero-order valence-corrected chi connectivity index (χ0v) is 13.8. The Morgan fingerprint density at radius 3 is 2.17 bits per heavy atom. The molecule has 0 saturated carbocycles. The number of nitriles is 2. The van der Waals surface area contributed by atoms with E-state index in [1.165, 1.54) is 24.2 Å². The van der Waals surface area contributed by atoms with Crippen molar-refractivity contribution in [1.82, 2.24) is 14.7 Å². The third-order valence-electron chi connectivity index (χ3n) is 4.08.